The van der Waals surface area contributed by atoms with E-state index in [1.807, 2.05) is 25.1 Å². The predicted octanol–water partition coefficient (Wildman–Crippen LogP) is 4.28. The molecule has 1 aromatic carbocycles. The van der Waals surface area contributed by atoms with E-state index in [9.17, 15) is 0 Å². The summed E-state index contributed by atoms with van der Waals surface area (Å²) < 4.78 is 5.02. The highest BCUT2D eigenvalue weighted by molar-refractivity contribution is 6.43. The molecule has 2 N–H and O–H groups in total. The van der Waals surface area contributed by atoms with Crippen LogP contribution in [-0.4, -0.2) is 30.2 Å². The quantitative estimate of drug-likeness (QED) is 0.736. The first-order valence-electron chi connectivity index (χ1n) is 6.89. The molecule has 22 heavy (non-hydrogen) atoms. The van der Waals surface area contributed by atoms with E-state index in [0.717, 1.165) is 24.5 Å². The number of ether oxygens (including phenoxy) is 1. The molecule has 0 atom stereocenters. The monoisotopic (exact) mass is 340 g/mol. The summed E-state index contributed by atoms with van der Waals surface area (Å²) in [5.74, 6) is 1.22. The van der Waals surface area contributed by atoms with Crippen LogP contribution < -0.4 is 10.6 Å². The van der Waals surface area contributed by atoms with Crippen LogP contribution in [0.25, 0.3) is 0 Å². The van der Waals surface area contributed by atoms with Crippen LogP contribution >= 0.6 is 23.2 Å². The molecule has 1 heterocycles. The highest BCUT2D eigenvalue weighted by atomic mass is 35.5. The Morgan fingerprint density at radius 2 is 2.05 bits per heavy atom. The van der Waals surface area contributed by atoms with Gasteiger partial charge in [-0.3, -0.25) is 0 Å². The van der Waals surface area contributed by atoms with Gasteiger partial charge in [-0.05, 0) is 25.5 Å². The molecule has 0 aliphatic heterocycles. The van der Waals surface area contributed by atoms with Gasteiger partial charge < -0.3 is 15.4 Å². The van der Waals surface area contributed by atoms with Crippen LogP contribution in [0.5, 0.6) is 0 Å². The molecule has 0 fully saturated rings. The third-order valence-electron chi connectivity index (χ3n) is 2.88. The number of halogens is 2. The summed E-state index contributed by atoms with van der Waals surface area (Å²) in [5, 5.41) is 7.27. The van der Waals surface area contributed by atoms with E-state index < -0.39 is 0 Å². The first-order chi connectivity index (χ1) is 10.6. The van der Waals surface area contributed by atoms with Gasteiger partial charge in [-0.2, -0.15) is 4.98 Å². The molecule has 0 aliphatic rings. The number of hydrogen-bond donors (Lipinski definition) is 2. The third-order valence-corrected chi connectivity index (χ3v) is 3.70. The summed E-state index contributed by atoms with van der Waals surface area (Å²) in [6, 6.07) is 7.26. The zero-order chi connectivity index (χ0) is 15.9. The molecule has 0 saturated heterocycles. The molecule has 0 unspecified atom stereocenters. The molecule has 0 amide bonds. The van der Waals surface area contributed by atoms with Crippen molar-refractivity contribution in [3.63, 3.8) is 0 Å². The Morgan fingerprint density at radius 3 is 2.82 bits per heavy atom. The van der Waals surface area contributed by atoms with Crippen molar-refractivity contribution in [2.75, 3.05) is 30.9 Å². The number of aryl methyl sites for hydroxylation is 1. The average molecular weight is 341 g/mol. The number of benzene rings is 1. The fourth-order valence-corrected chi connectivity index (χ4v) is 2.22. The summed E-state index contributed by atoms with van der Waals surface area (Å²) in [6.07, 6.45) is 0.905. The Hall–Kier alpha value is -1.56. The Morgan fingerprint density at radius 1 is 1.23 bits per heavy atom. The van der Waals surface area contributed by atoms with Gasteiger partial charge in [-0.1, -0.05) is 29.3 Å². The van der Waals surface area contributed by atoms with Gasteiger partial charge >= 0.3 is 0 Å². The van der Waals surface area contributed by atoms with Crippen molar-refractivity contribution in [2.45, 2.75) is 13.3 Å². The van der Waals surface area contributed by atoms with Gasteiger partial charge in [0.2, 0.25) is 5.95 Å². The van der Waals surface area contributed by atoms with Crippen LogP contribution in [0, 0.1) is 6.92 Å². The lowest BCUT2D eigenvalue weighted by Crippen LogP contribution is -2.08. The molecule has 7 heteroatoms. The van der Waals surface area contributed by atoms with E-state index in [0.29, 0.717) is 28.3 Å². The molecule has 1 aromatic heterocycles. The number of methoxy groups -OCH3 is 1. The standard InChI is InChI=1S/C15H18Cl2N4O/c1-10-9-13(18-7-4-8-22-2)21-15(19-10)20-12-6-3-5-11(16)14(12)17/h3,5-6,9H,4,7-8H2,1-2H3,(H2,18,19,20,21). The highest BCUT2D eigenvalue weighted by Gasteiger charge is 2.07. The fourth-order valence-electron chi connectivity index (χ4n) is 1.87. The molecule has 0 spiro atoms. The van der Waals surface area contributed by atoms with Crippen LogP contribution in [-0.2, 0) is 4.74 Å². The van der Waals surface area contributed by atoms with Crippen molar-refractivity contribution >= 4 is 40.7 Å². The number of nitrogens with zero attached hydrogens (tertiary/aromatic N) is 2. The Kier molecular flexibility index (Phi) is 6.24. The highest BCUT2D eigenvalue weighted by Crippen LogP contribution is 2.31. The van der Waals surface area contributed by atoms with Crippen molar-refractivity contribution < 1.29 is 4.74 Å². The van der Waals surface area contributed by atoms with Crippen LogP contribution in [0.4, 0.5) is 17.5 Å². The molecular weight excluding hydrogens is 323 g/mol. The lowest BCUT2D eigenvalue weighted by Gasteiger charge is -2.11. The van der Waals surface area contributed by atoms with E-state index in [2.05, 4.69) is 20.6 Å². The maximum Gasteiger partial charge on any atom is 0.229 e. The molecule has 0 bridgehead atoms. The zero-order valence-corrected chi connectivity index (χ0v) is 14.0. The topological polar surface area (TPSA) is 59.1 Å². The third kappa shape index (κ3) is 4.73. The molecule has 118 valence electrons. The molecule has 0 aliphatic carbocycles. The smallest absolute Gasteiger partial charge is 0.229 e. The zero-order valence-electron chi connectivity index (χ0n) is 12.5. The number of nitrogens with one attached hydrogen (secondary N) is 2. The minimum absolute atomic E-state index is 0.448. The lowest BCUT2D eigenvalue weighted by molar-refractivity contribution is 0.198. The normalized spacial score (nSPS) is 10.5. The first-order valence-corrected chi connectivity index (χ1v) is 7.65. The van der Waals surface area contributed by atoms with Gasteiger partial charge in [0.1, 0.15) is 5.82 Å². The number of aromatic nitrogens is 2. The maximum absolute atomic E-state index is 6.16. The number of anilines is 3. The van der Waals surface area contributed by atoms with Crippen LogP contribution in [0.15, 0.2) is 24.3 Å². The molecule has 2 rings (SSSR count). The predicted molar refractivity (Wildman–Crippen MR) is 91.5 cm³/mol. The van der Waals surface area contributed by atoms with Crippen LogP contribution in [0.3, 0.4) is 0 Å². The molecule has 0 saturated carbocycles. The van der Waals surface area contributed by atoms with Crippen molar-refractivity contribution in [1.29, 1.82) is 0 Å². The maximum atomic E-state index is 6.16. The van der Waals surface area contributed by atoms with Crippen LogP contribution in [0.2, 0.25) is 10.0 Å². The molecule has 0 radical (unpaired) electrons. The number of rotatable bonds is 7. The van der Waals surface area contributed by atoms with Crippen molar-refractivity contribution in [3.05, 3.63) is 40.0 Å². The van der Waals surface area contributed by atoms with E-state index in [1.54, 1.807) is 13.2 Å². The van der Waals surface area contributed by atoms with Gasteiger partial charge in [-0.15, -0.1) is 0 Å². The molecule has 5 nitrogen and oxygen atoms in total. The summed E-state index contributed by atoms with van der Waals surface area (Å²) in [7, 11) is 1.69. The van der Waals surface area contributed by atoms with E-state index in [-0.39, 0.29) is 0 Å². The second-order valence-corrected chi connectivity index (χ2v) is 5.50. The minimum atomic E-state index is 0.448. The van der Waals surface area contributed by atoms with Gasteiger partial charge in [-0.25, -0.2) is 4.98 Å². The van der Waals surface area contributed by atoms with Crippen LogP contribution in [0.1, 0.15) is 12.1 Å². The Labute approximate surface area is 140 Å². The minimum Gasteiger partial charge on any atom is -0.385 e. The summed E-state index contributed by atoms with van der Waals surface area (Å²) in [6.45, 7) is 3.40. The lowest BCUT2D eigenvalue weighted by atomic mass is 10.3. The van der Waals surface area contributed by atoms with E-state index in [1.165, 1.54) is 0 Å². The largest absolute Gasteiger partial charge is 0.385 e. The SMILES string of the molecule is COCCCNc1cc(C)nc(Nc2cccc(Cl)c2Cl)n1. The van der Waals surface area contributed by atoms with Gasteiger partial charge in [0, 0.05) is 32.0 Å². The molecule has 2 aromatic rings. The summed E-state index contributed by atoms with van der Waals surface area (Å²) in [4.78, 5) is 8.78. The fraction of sp³-hybridized carbons (Fsp3) is 0.333. The second-order valence-electron chi connectivity index (χ2n) is 4.72. The summed E-state index contributed by atoms with van der Waals surface area (Å²) >= 11 is 12.2. The van der Waals surface area contributed by atoms with Crippen molar-refractivity contribution in [3.8, 4) is 0 Å². The van der Waals surface area contributed by atoms with Crippen molar-refractivity contribution in [2.24, 2.45) is 0 Å². The number of hydrogen-bond acceptors (Lipinski definition) is 5. The van der Waals surface area contributed by atoms with Crippen molar-refractivity contribution in [1.82, 2.24) is 9.97 Å². The Balaban J connectivity index is 2.10. The van der Waals surface area contributed by atoms with Gasteiger partial charge in [0.25, 0.3) is 0 Å². The van der Waals surface area contributed by atoms with E-state index >= 15 is 0 Å². The Bertz CT molecular complexity index is 637. The molecular formula is C15H18Cl2N4O. The van der Waals surface area contributed by atoms with Gasteiger partial charge in [0.15, 0.2) is 0 Å². The average Bonchev–Trinajstić information content (AvgIpc) is 2.48. The second kappa shape index (κ2) is 8.17. The van der Waals surface area contributed by atoms with Gasteiger partial charge in [0.05, 0.1) is 15.7 Å². The van der Waals surface area contributed by atoms with E-state index in [4.69, 9.17) is 27.9 Å². The first kappa shape index (κ1) is 16.8. The summed E-state index contributed by atoms with van der Waals surface area (Å²) in [5.41, 5.74) is 1.52.